The molecule has 124 valence electrons. The maximum absolute atomic E-state index is 14.0. The molecule has 0 radical (unpaired) electrons. The molecule has 6 nitrogen and oxygen atoms in total. The van der Waals surface area contributed by atoms with Crippen molar-refractivity contribution < 1.29 is 17.6 Å². The van der Waals surface area contributed by atoms with Crippen molar-refractivity contribution in [3.8, 4) is 6.07 Å². The number of carbonyl (C=O) groups excluding carboxylic acids is 1. The summed E-state index contributed by atoms with van der Waals surface area (Å²) in [7, 11) is -3.43. The standard InChI is InChI=1S/C15H18FN3O3S/c1-11(23(2,21)22)15(20)19-7-5-18(6-8-19)14-4-3-12(10-17)9-13(14)16/h3-4,9,11H,5-8H2,1-2H3/t11-/m0/s1. The summed E-state index contributed by atoms with van der Waals surface area (Å²) in [4.78, 5) is 15.4. The molecule has 1 saturated heterocycles. The molecule has 1 aliphatic heterocycles. The minimum atomic E-state index is -3.43. The molecule has 8 heteroatoms. The Kier molecular flexibility index (Phi) is 4.90. The Balaban J connectivity index is 2.04. The molecule has 1 aromatic rings. The van der Waals surface area contributed by atoms with Crippen LogP contribution in [0, 0.1) is 17.1 Å². The topological polar surface area (TPSA) is 81.5 Å². The van der Waals surface area contributed by atoms with Crippen LogP contribution in [0.1, 0.15) is 12.5 Å². The second-order valence-electron chi connectivity index (χ2n) is 5.56. The first kappa shape index (κ1) is 17.2. The molecule has 1 aliphatic rings. The van der Waals surface area contributed by atoms with Crippen LogP contribution < -0.4 is 4.90 Å². The van der Waals surface area contributed by atoms with E-state index in [-0.39, 0.29) is 5.56 Å². The first-order valence-corrected chi connectivity index (χ1v) is 9.11. The molecule has 0 bridgehead atoms. The smallest absolute Gasteiger partial charge is 0.240 e. The lowest BCUT2D eigenvalue weighted by molar-refractivity contribution is -0.130. The fourth-order valence-corrected chi connectivity index (χ4v) is 2.96. The third kappa shape index (κ3) is 3.79. The Hall–Kier alpha value is -2.14. The summed E-state index contributed by atoms with van der Waals surface area (Å²) in [5, 5.41) is 7.68. The van der Waals surface area contributed by atoms with Gasteiger partial charge in [0.05, 0.1) is 17.3 Å². The van der Waals surface area contributed by atoms with Crippen LogP contribution in [0.5, 0.6) is 0 Å². The second-order valence-corrected chi connectivity index (χ2v) is 7.93. The van der Waals surface area contributed by atoms with Crippen molar-refractivity contribution >= 4 is 21.4 Å². The van der Waals surface area contributed by atoms with Gasteiger partial charge in [0, 0.05) is 32.4 Å². The molecule has 1 atom stereocenters. The number of nitriles is 1. The zero-order valence-electron chi connectivity index (χ0n) is 13.0. The number of halogens is 1. The highest BCUT2D eigenvalue weighted by molar-refractivity contribution is 7.92. The number of sulfone groups is 1. The molecule has 0 unspecified atom stereocenters. The van der Waals surface area contributed by atoms with Crippen molar-refractivity contribution in [2.24, 2.45) is 0 Å². The van der Waals surface area contributed by atoms with E-state index < -0.39 is 26.8 Å². The maximum Gasteiger partial charge on any atom is 0.240 e. The molecule has 1 aromatic carbocycles. The molecule has 1 heterocycles. The summed E-state index contributed by atoms with van der Waals surface area (Å²) < 4.78 is 37.0. The highest BCUT2D eigenvalue weighted by atomic mass is 32.2. The molecule has 0 aliphatic carbocycles. The van der Waals surface area contributed by atoms with Gasteiger partial charge in [0.2, 0.25) is 5.91 Å². The number of piperazine rings is 1. The van der Waals surface area contributed by atoms with E-state index in [1.54, 1.807) is 17.0 Å². The van der Waals surface area contributed by atoms with Crippen LogP contribution in [0.4, 0.5) is 10.1 Å². The van der Waals surface area contributed by atoms with Gasteiger partial charge in [-0.3, -0.25) is 4.79 Å². The Labute approximate surface area is 135 Å². The minimum absolute atomic E-state index is 0.252. The zero-order chi connectivity index (χ0) is 17.2. The van der Waals surface area contributed by atoms with Crippen molar-refractivity contribution in [2.45, 2.75) is 12.2 Å². The van der Waals surface area contributed by atoms with E-state index in [9.17, 15) is 17.6 Å². The first-order chi connectivity index (χ1) is 10.7. The van der Waals surface area contributed by atoms with Gasteiger partial charge in [-0.05, 0) is 25.1 Å². The van der Waals surface area contributed by atoms with E-state index in [0.29, 0.717) is 31.9 Å². The number of nitrogens with zero attached hydrogens (tertiary/aromatic N) is 3. The van der Waals surface area contributed by atoms with E-state index in [1.807, 2.05) is 6.07 Å². The van der Waals surface area contributed by atoms with Gasteiger partial charge in [-0.2, -0.15) is 5.26 Å². The quantitative estimate of drug-likeness (QED) is 0.813. The van der Waals surface area contributed by atoms with E-state index in [0.717, 1.165) is 6.26 Å². The molecular weight excluding hydrogens is 321 g/mol. The van der Waals surface area contributed by atoms with Gasteiger partial charge in [0.25, 0.3) is 0 Å². The number of hydrogen-bond donors (Lipinski definition) is 0. The highest BCUT2D eigenvalue weighted by Crippen LogP contribution is 2.22. The monoisotopic (exact) mass is 339 g/mol. The second kappa shape index (κ2) is 6.54. The number of amides is 1. The van der Waals surface area contributed by atoms with Crippen LogP contribution in [-0.2, 0) is 14.6 Å². The normalized spacial score (nSPS) is 16.8. The number of rotatable bonds is 3. The van der Waals surface area contributed by atoms with Crippen molar-refractivity contribution in [1.29, 1.82) is 5.26 Å². The van der Waals surface area contributed by atoms with Gasteiger partial charge in [-0.1, -0.05) is 0 Å². The third-order valence-corrected chi connectivity index (χ3v) is 5.48. The lowest BCUT2D eigenvalue weighted by atomic mass is 10.1. The Morgan fingerprint density at radius 2 is 1.91 bits per heavy atom. The van der Waals surface area contributed by atoms with E-state index in [2.05, 4.69) is 0 Å². The van der Waals surface area contributed by atoms with Crippen molar-refractivity contribution in [1.82, 2.24) is 4.90 Å². The lowest BCUT2D eigenvalue weighted by Gasteiger charge is -2.37. The van der Waals surface area contributed by atoms with E-state index in [1.165, 1.54) is 17.9 Å². The van der Waals surface area contributed by atoms with E-state index in [4.69, 9.17) is 5.26 Å². The summed E-state index contributed by atoms with van der Waals surface area (Å²) >= 11 is 0. The predicted molar refractivity (Wildman–Crippen MR) is 84.2 cm³/mol. The van der Waals surface area contributed by atoms with Crippen LogP contribution in [0.2, 0.25) is 0 Å². The predicted octanol–water partition coefficient (Wildman–Crippen LogP) is 0.779. The fourth-order valence-electron chi connectivity index (χ4n) is 2.44. The van der Waals surface area contributed by atoms with Gasteiger partial charge in [-0.25, -0.2) is 12.8 Å². The Morgan fingerprint density at radius 1 is 1.30 bits per heavy atom. The average Bonchev–Trinajstić information content (AvgIpc) is 2.52. The molecule has 0 N–H and O–H groups in total. The van der Waals surface area contributed by atoms with Crippen LogP contribution in [0.15, 0.2) is 18.2 Å². The van der Waals surface area contributed by atoms with Crippen LogP contribution in [0.25, 0.3) is 0 Å². The Morgan fingerprint density at radius 3 is 2.39 bits per heavy atom. The molecular formula is C15H18FN3O3S. The maximum atomic E-state index is 14.0. The van der Waals surface area contributed by atoms with Crippen LogP contribution in [-0.4, -0.2) is 56.9 Å². The van der Waals surface area contributed by atoms with Crippen LogP contribution >= 0.6 is 0 Å². The summed E-state index contributed by atoms with van der Waals surface area (Å²) in [5.74, 6) is -0.902. The van der Waals surface area contributed by atoms with Gasteiger partial charge in [-0.15, -0.1) is 0 Å². The van der Waals surface area contributed by atoms with Gasteiger partial charge >= 0.3 is 0 Å². The van der Waals surface area contributed by atoms with Crippen molar-refractivity contribution in [2.75, 3.05) is 37.3 Å². The van der Waals surface area contributed by atoms with Crippen LogP contribution in [0.3, 0.4) is 0 Å². The molecule has 0 aromatic heterocycles. The zero-order valence-corrected chi connectivity index (χ0v) is 13.8. The molecule has 2 rings (SSSR count). The summed E-state index contributed by atoms with van der Waals surface area (Å²) in [6.45, 7) is 2.86. The average molecular weight is 339 g/mol. The summed E-state index contributed by atoms with van der Waals surface area (Å²) in [6, 6.07) is 6.15. The fraction of sp³-hybridized carbons (Fsp3) is 0.467. The number of benzene rings is 1. The number of hydrogen-bond acceptors (Lipinski definition) is 5. The molecule has 1 fully saturated rings. The van der Waals surface area contributed by atoms with Gasteiger partial charge in [0.1, 0.15) is 11.1 Å². The van der Waals surface area contributed by atoms with E-state index >= 15 is 0 Å². The minimum Gasteiger partial charge on any atom is -0.366 e. The Bertz CT molecular complexity index is 750. The first-order valence-electron chi connectivity index (χ1n) is 7.16. The van der Waals surface area contributed by atoms with Crippen molar-refractivity contribution in [3.05, 3.63) is 29.6 Å². The molecule has 1 amide bonds. The summed E-state index contributed by atoms with van der Waals surface area (Å²) in [6.07, 6.45) is 1.04. The third-order valence-electron chi connectivity index (χ3n) is 4.00. The number of anilines is 1. The lowest BCUT2D eigenvalue weighted by Crippen LogP contribution is -2.52. The van der Waals surface area contributed by atoms with Crippen molar-refractivity contribution in [3.63, 3.8) is 0 Å². The van der Waals surface area contributed by atoms with Gasteiger partial charge < -0.3 is 9.80 Å². The summed E-state index contributed by atoms with van der Waals surface area (Å²) in [5.41, 5.74) is 0.634. The number of carbonyl (C=O) groups is 1. The highest BCUT2D eigenvalue weighted by Gasteiger charge is 2.30. The SMILES string of the molecule is C[C@@H](C(=O)N1CCN(c2ccc(C#N)cc2F)CC1)S(C)(=O)=O. The molecule has 23 heavy (non-hydrogen) atoms. The largest absolute Gasteiger partial charge is 0.366 e. The molecule has 0 saturated carbocycles. The van der Waals surface area contributed by atoms with Gasteiger partial charge in [0.15, 0.2) is 9.84 Å². The molecule has 0 spiro atoms.